The number of urea groups is 1. The second-order valence-electron chi connectivity index (χ2n) is 4.26. The molecule has 1 aliphatic carbocycles. The normalized spacial score (nSPS) is 24.9. The van der Waals surface area contributed by atoms with Crippen LogP contribution in [0.4, 0.5) is 4.79 Å². The summed E-state index contributed by atoms with van der Waals surface area (Å²) >= 11 is 5.46. The Morgan fingerprint density at radius 2 is 2.06 bits per heavy atom. The molecule has 0 aromatic heterocycles. The van der Waals surface area contributed by atoms with E-state index in [1.807, 2.05) is 0 Å². The lowest BCUT2D eigenvalue weighted by atomic mass is 9.87. The van der Waals surface area contributed by atoms with E-state index in [0.717, 1.165) is 30.7 Å². The molecular weight excluding hydrogens is 230 g/mol. The maximum absolute atomic E-state index is 11.6. The molecule has 1 saturated carbocycles. The summed E-state index contributed by atoms with van der Waals surface area (Å²) in [6, 6.07) is -0.487. The average molecular weight is 248 g/mol. The molecule has 16 heavy (non-hydrogen) atoms. The van der Waals surface area contributed by atoms with Crippen LogP contribution in [0.2, 0.25) is 0 Å². The number of hydrogen-bond donors (Lipinski definition) is 1. The predicted octanol–water partition coefficient (Wildman–Crippen LogP) is 2.50. The van der Waals surface area contributed by atoms with Crippen molar-refractivity contribution in [3.8, 4) is 0 Å². The standard InChI is InChI=1S/C10H18ClN3O2/c1-8-2-4-9(5-3-8)14(13-16)10(15)12-7-6-11/h8-9H,2-7H2,1H3,(H,12,15). The summed E-state index contributed by atoms with van der Waals surface area (Å²) in [5.74, 6) is 1.01. The van der Waals surface area contributed by atoms with E-state index in [1.165, 1.54) is 0 Å². The van der Waals surface area contributed by atoms with Crippen LogP contribution in [0, 0.1) is 10.8 Å². The fraction of sp³-hybridized carbons (Fsp3) is 0.900. The topological polar surface area (TPSA) is 61.8 Å². The molecule has 0 aromatic rings. The van der Waals surface area contributed by atoms with Gasteiger partial charge in [-0.2, -0.15) is 5.01 Å². The number of carbonyl (C=O) groups excluding carboxylic acids is 1. The highest BCUT2D eigenvalue weighted by molar-refractivity contribution is 6.18. The van der Waals surface area contributed by atoms with Crippen LogP contribution in [0.25, 0.3) is 0 Å². The molecule has 6 heteroatoms. The quantitative estimate of drug-likeness (QED) is 0.471. The van der Waals surface area contributed by atoms with Gasteiger partial charge in [0.1, 0.15) is 0 Å². The average Bonchev–Trinajstić information content (AvgIpc) is 2.30. The van der Waals surface area contributed by atoms with E-state index >= 15 is 0 Å². The van der Waals surface area contributed by atoms with Gasteiger partial charge in [0.15, 0.2) is 0 Å². The van der Waals surface area contributed by atoms with Gasteiger partial charge in [0.25, 0.3) is 0 Å². The number of hydrogen-bond acceptors (Lipinski definition) is 3. The summed E-state index contributed by atoms with van der Waals surface area (Å²) in [4.78, 5) is 22.2. The van der Waals surface area contributed by atoms with Gasteiger partial charge in [-0.05, 0) is 31.6 Å². The van der Waals surface area contributed by atoms with Crippen molar-refractivity contribution < 1.29 is 4.79 Å². The summed E-state index contributed by atoms with van der Waals surface area (Å²) in [7, 11) is 0. The number of nitrogens with one attached hydrogen (secondary N) is 1. The van der Waals surface area contributed by atoms with Gasteiger partial charge in [-0.15, -0.1) is 16.5 Å². The molecule has 0 atom stereocenters. The van der Waals surface area contributed by atoms with Crippen molar-refractivity contribution in [2.24, 2.45) is 11.2 Å². The Morgan fingerprint density at radius 3 is 2.56 bits per heavy atom. The SMILES string of the molecule is CC1CCC(N(N=O)C(=O)NCCCl)CC1. The minimum atomic E-state index is -0.435. The number of alkyl halides is 1. The lowest BCUT2D eigenvalue weighted by molar-refractivity contribution is 0.148. The highest BCUT2D eigenvalue weighted by Gasteiger charge is 2.28. The molecule has 0 aromatic carbocycles. The van der Waals surface area contributed by atoms with Gasteiger partial charge in [-0.25, -0.2) is 4.79 Å². The first kappa shape index (κ1) is 13.2. The predicted molar refractivity (Wildman–Crippen MR) is 63.2 cm³/mol. The molecule has 1 aliphatic rings. The summed E-state index contributed by atoms with van der Waals surface area (Å²) in [5, 5.41) is 6.40. The number of carbonyl (C=O) groups is 1. The molecule has 2 amide bonds. The van der Waals surface area contributed by atoms with Crippen molar-refractivity contribution in [3.63, 3.8) is 0 Å². The van der Waals surface area contributed by atoms with Crippen LogP contribution in [0.15, 0.2) is 5.29 Å². The maximum atomic E-state index is 11.6. The molecule has 1 fully saturated rings. The smallest absolute Gasteiger partial charge is 0.335 e. The van der Waals surface area contributed by atoms with Gasteiger partial charge in [0.2, 0.25) is 0 Å². The zero-order valence-corrected chi connectivity index (χ0v) is 10.2. The Labute approximate surface area is 100 Å². The number of nitrogens with zero attached hydrogens (tertiary/aromatic N) is 2. The summed E-state index contributed by atoms with van der Waals surface area (Å²) in [5.41, 5.74) is 0. The molecule has 0 unspecified atom stereocenters. The van der Waals surface area contributed by atoms with E-state index < -0.39 is 6.03 Å². The molecule has 0 saturated heterocycles. The molecule has 0 radical (unpaired) electrons. The molecule has 0 aliphatic heterocycles. The number of halogens is 1. The van der Waals surface area contributed by atoms with Gasteiger partial charge >= 0.3 is 6.03 Å². The fourth-order valence-corrected chi connectivity index (χ4v) is 2.09. The van der Waals surface area contributed by atoms with E-state index in [0.29, 0.717) is 18.3 Å². The third-order valence-corrected chi connectivity index (χ3v) is 3.19. The fourth-order valence-electron chi connectivity index (χ4n) is 1.99. The van der Waals surface area contributed by atoms with Crippen LogP contribution in [0.1, 0.15) is 32.6 Å². The van der Waals surface area contributed by atoms with E-state index in [-0.39, 0.29) is 6.04 Å². The first-order valence-electron chi connectivity index (χ1n) is 5.65. The monoisotopic (exact) mass is 247 g/mol. The minimum Gasteiger partial charge on any atom is -0.335 e. The summed E-state index contributed by atoms with van der Waals surface area (Å²) in [6.07, 6.45) is 3.78. The lowest BCUT2D eigenvalue weighted by Crippen LogP contribution is -2.44. The Bertz CT molecular complexity index is 242. The third-order valence-electron chi connectivity index (χ3n) is 3.00. The molecule has 0 heterocycles. The summed E-state index contributed by atoms with van der Waals surface area (Å²) < 4.78 is 0. The Kier molecular flexibility index (Phi) is 5.52. The Hall–Kier alpha value is -0.840. The zero-order chi connectivity index (χ0) is 12.0. The van der Waals surface area contributed by atoms with Gasteiger partial charge in [0.05, 0.1) is 11.3 Å². The number of rotatable bonds is 4. The second kappa shape index (κ2) is 6.68. The van der Waals surface area contributed by atoms with Crippen LogP contribution in [0.3, 0.4) is 0 Å². The van der Waals surface area contributed by atoms with Crippen molar-refractivity contribution in [1.29, 1.82) is 0 Å². The molecule has 5 nitrogen and oxygen atoms in total. The van der Waals surface area contributed by atoms with Crippen molar-refractivity contribution in [2.45, 2.75) is 38.6 Å². The summed E-state index contributed by atoms with van der Waals surface area (Å²) in [6.45, 7) is 2.54. The van der Waals surface area contributed by atoms with Crippen molar-refractivity contribution in [2.75, 3.05) is 12.4 Å². The molecule has 92 valence electrons. The van der Waals surface area contributed by atoms with Crippen LogP contribution < -0.4 is 5.32 Å². The molecule has 1 rings (SSSR count). The van der Waals surface area contributed by atoms with Crippen LogP contribution in [0.5, 0.6) is 0 Å². The van der Waals surface area contributed by atoms with E-state index in [4.69, 9.17) is 11.6 Å². The zero-order valence-electron chi connectivity index (χ0n) is 9.49. The van der Waals surface area contributed by atoms with E-state index in [2.05, 4.69) is 17.5 Å². The lowest BCUT2D eigenvalue weighted by Gasteiger charge is -2.30. The highest BCUT2D eigenvalue weighted by Crippen LogP contribution is 2.27. The number of nitroso groups, excluding NO2 is 1. The minimum absolute atomic E-state index is 0.0518. The first-order valence-corrected chi connectivity index (χ1v) is 6.18. The van der Waals surface area contributed by atoms with Crippen LogP contribution in [-0.2, 0) is 0 Å². The number of amides is 2. The second-order valence-corrected chi connectivity index (χ2v) is 4.64. The Balaban J connectivity index is 2.46. The van der Waals surface area contributed by atoms with Gasteiger partial charge in [-0.3, -0.25) is 0 Å². The third kappa shape index (κ3) is 3.63. The first-order chi connectivity index (χ1) is 7.69. The molecular formula is C10H18ClN3O2. The van der Waals surface area contributed by atoms with Gasteiger partial charge < -0.3 is 5.32 Å². The Morgan fingerprint density at radius 1 is 1.44 bits per heavy atom. The van der Waals surface area contributed by atoms with Crippen LogP contribution >= 0.6 is 11.6 Å². The van der Waals surface area contributed by atoms with Gasteiger partial charge in [0, 0.05) is 12.4 Å². The molecule has 0 spiro atoms. The maximum Gasteiger partial charge on any atom is 0.340 e. The highest BCUT2D eigenvalue weighted by atomic mass is 35.5. The van der Waals surface area contributed by atoms with E-state index in [1.54, 1.807) is 0 Å². The van der Waals surface area contributed by atoms with Gasteiger partial charge in [-0.1, -0.05) is 6.92 Å². The molecule has 0 bridgehead atoms. The van der Waals surface area contributed by atoms with Crippen LogP contribution in [-0.4, -0.2) is 29.5 Å². The van der Waals surface area contributed by atoms with Crippen molar-refractivity contribution >= 4 is 17.6 Å². The largest absolute Gasteiger partial charge is 0.340 e. The van der Waals surface area contributed by atoms with Crippen molar-refractivity contribution in [1.82, 2.24) is 10.3 Å². The van der Waals surface area contributed by atoms with Crippen molar-refractivity contribution in [3.05, 3.63) is 4.91 Å². The van der Waals surface area contributed by atoms with E-state index in [9.17, 15) is 9.70 Å². The molecule has 1 N–H and O–H groups in total.